The van der Waals surface area contributed by atoms with Gasteiger partial charge in [0.2, 0.25) is 5.91 Å². The molecular formula is C38H46N4O8. The van der Waals surface area contributed by atoms with Gasteiger partial charge in [-0.25, -0.2) is 9.59 Å². The van der Waals surface area contributed by atoms with Crippen LogP contribution in [-0.2, 0) is 19.1 Å². The van der Waals surface area contributed by atoms with Crippen molar-refractivity contribution in [3.05, 3.63) is 95.1 Å². The molecule has 2 amide bonds. The highest BCUT2D eigenvalue weighted by Gasteiger charge is 2.16. The zero-order valence-electron chi connectivity index (χ0n) is 29.3. The third-order valence-electron chi connectivity index (χ3n) is 7.77. The number of hydrogen-bond acceptors (Lipinski definition) is 10. The number of hydrogen-bond donors (Lipinski definition) is 2. The molecule has 0 spiro atoms. The summed E-state index contributed by atoms with van der Waals surface area (Å²) in [4.78, 5) is 66.7. The van der Waals surface area contributed by atoms with Gasteiger partial charge < -0.3 is 34.6 Å². The van der Waals surface area contributed by atoms with Crippen molar-refractivity contribution in [1.29, 1.82) is 0 Å². The Morgan fingerprint density at radius 1 is 0.660 bits per heavy atom. The van der Waals surface area contributed by atoms with Crippen molar-refractivity contribution < 1.29 is 38.2 Å². The lowest BCUT2D eigenvalue weighted by molar-refractivity contribution is -0.131. The monoisotopic (exact) mass is 686 g/mol. The first kappa shape index (κ1) is 39.1. The van der Waals surface area contributed by atoms with Crippen LogP contribution in [0.25, 0.3) is 6.08 Å². The zero-order valence-corrected chi connectivity index (χ0v) is 29.3. The van der Waals surface area contributed by atoms with Crippen LogP contribution >= 0.6 is 0 Å². The van der Waals surface area contributed by atoms with Crippen molar-refractivity contribution in [3.8, 4) is 5.75 Å². The minimum atomic E-state index is -0.607. The molecule has 266 valence electrons. The van der Waals surface area contributed by atoms with E-state index in [1.807, 2.05) is 27.7 Å². The van der Waals surface area contributed by atoms with Crippen LogP contribution in [0.5, 0.6) is 5.75 Å². The average molecular weight is 687 g/mol. The van der Waals surface area contributed by atoms with Crippen molar-refractivity contribution >= 4 is 47.2 Å². The minimum absolute atomic E-state index is 0.0386. The van der Waals surface area contributed by atoms with Gasteiger partial charge in [0, 0.05) is 37.5 Å². The van der Waals surface area contributed by atoms with E-state index in [4.69, 9.17) is 14.2 Å². The number of ether oxygens (including phenoxy) is 3. The van der Waals surface area contributed by atoms with Gasteiger partial charge in [-0.1, -0.05) is 33.8 Å². The highest BCUT2D eigenvalue weighted by atomic mass is 16.5. The summed E-state index contributed by atoms with van der Waals surface area (Å²) in [6, 6.07) is 17.1. The molecule has 0 aliphatic heterocycles. The molecule has 0 fully saturated rings. The van der Waals surface area contributed by atoms with Crippen LogP contribution in [0.15, 0.2) is 72.8 Å². The fourth-order valence-corrected chi connectivity index (χ4v) is 4.79. The number of esters is 3. The standard InChI is InChI=1S/C38H46N4O8/c1-6-41(7-2)22-24-48-37(46)29-12-16-31(17-13-29)39-35(44)21-11-28-10-20-34(50-27(5)43)33(26-28)36(45)40-32-18-14-30(15-19-32)38(47)49-25-23-42(8-3)9-4/h10-21,26H,6-9,22-25H2,1-5H3,(H,39,44)(H,40,45)/b21-11+. The van der Waals surface area contributed by atoms with Gasteiger partial charge in [-0.3, -0.25) is 14.4 Å². The maximum Gasteiger partial charge on any atom is 0.338 e. The van der Waals surface area contributed by atoms with Crippen LogP contribution in [-0.4, -0.2) is 92.0 Å². The number of nitrogens with one attached hydrogen (secondary N) is 2. The van der Waals surface area contributed by atoms with E-state index in [2.05, 4.69) is 20.4 Å². The summed E-state index contributed by atoms with van der Waals surface area (Å²) in [5.41, 5.74) is 2.14. The van der Waals surface area contributed by atoms with Crippen LogP contribution in [0.4, 0.5) is 11.4 Å². The summed E-state index contributed by atoms with van der Waals surface area (Å²) in [5, 5.41) is 5.47. The fraction of sp³-hybridized carbons (Fsp3) is 0.342. The van der Waals surface area contributed by atoms with Gasteiger partial charge in [0.1, 0.15) is 19.0 Å². The van der Waals surface area contributed by atoms with Gasteiger partial charge >= 0.3 is 17.9 Å². The predicted molar refractivity (Wildman–Crippen MR) is 192 cm³/mol. The van der Waals surface area contributed by atoms with Gasteiger partial charge in [0.05, 0.1) is 16.7 Å². The smallest absolute Gasteiger partial charge is 0.338 e. The zero-order chi connectivity index (χ0) is 36.5. The first-order chi connectivity index (χ1) is 24.1. The van der Waals surface area contributed by atoms with E-state index in [0.717, 1.165) is 26.2 Å². The van der Waals surface area contributed by atoms with Crippen molar-refractivity contribution in [2.24, 2.45) is 0 Å². The number of anilines is 2. The Balaban J connectivity index is 1.61. The third-order valence-corrected chi connectivity index (χ3v) is 7.77. The Kier molecular flexibility index (Phi) is 15.8. The number of benzene rings is 3. The first-order valence-corrected chi connectivity index (χ1v) is 16.7. The van der Waals surface area contributed by atoms with Crippen LogP contribution in [0.2, 0.25) is 0 Å². The van der Waals surface area contributed by atoms with E-state index in [9.17, 15) is 24.0 Å². The quantitative estimate of drug-likeness (QED) is 0.0999. The molecule has 0 aliphatic rings. The number of amides is 2. The van der Waals surface area contributed by atoms with Gasteiger partial charge in [-0.05, 0) is 98.5 Å². The van der Waals surface area contributed by atoms with Crippen LogP contribution < -0.4 is 15.4 Å². The topological polar surface area (TPSA) is 144 Å². The Morgan fingerprint density at radius 3 is 1.60 bits per heavy atom. The molecule has 50 heavy (non-hydrogen) atoms. The van der Waals surface area contributed by atoms with Crippen LogP contribution in [0.1, 0.15) is 71.3 Å². The lowest BCUT2D eigenvalue weighted by Gasteiger charge is -2.17. The summed E-state index contributed by atoms with van der Waals surface area (Å²) >= 11 is 0. The number of carbonyl (C=O) groups is 5. The molecule has 3 aromatic carbocycles. The molecule has 0 heterocycles. The largest absolute Gasteiger partial charge is 0.461 e. The second-order valence-corrected chi connectivity index (χ2v) is 11.1. The lowest BCUT2D eigenvalue weighted by Crippen LogP contribution is -2.27. The summed E-state index contributed by atoms with van der Waals surface area (Å²) < 4.78 is 16.0. The number of nitrogens with zero attached hydrogens (tertiary/aromatic N) is 2. The molecule has 12 heteroatoms. The Labute approximate surface area is 293 Å². The van der Waals surface area contributed by atoms with Crippen LogP contribution in [0, 0.1) is 0 Å². The Morgan fingerprint density at radius 2 is 1.14 bits per heavy atom. The molecule has 3 rings (SSSR count). The fourth-order valence-electron chi connectivity index (χ4n) is 4.79. The molecule has 0 saturated carbocycles. The molecule has 0 aliphatic carbocycles. The van der Waals surface area contributed by atoms with Gasteiger partial charge in [-0.15, -0.1) is 0 Å². The van der Waals surface area contributed by atoms with E-state index in [-0.39, 0.29) is 24.5 Å². The van der Waals surface area contributed by atoms with E-state index in [0.29, 0.717) is 41.2 Å². The second kappa shape index (κ2) is 20.2. The van der Waals surface area contributed by atoms with E-state index >= 15 is 0 Å². The average Bonchev–Trinajstić information content (AvgIpc) is 3.11. The molecule has 0 aromatic heterocycles. The van der Waals surface area contributed by atoms with Gasteiger partial charge in [0.25, 0.3) is 5.91 Å². The van der Waals surface area contributed by atoms with Gasteiger partial charge in [0.15, 0.2) is 0 Å². The Bertz CT molecular complexity index is 1630. The SMILES string of the molecule is CCN(CC)CCOC(=O)c1ccc(NC(=O)/C=C/c2ccc(OC(C)=O)c(C(=O)Nc3ccc(C(=O)OCCN(CC)CC)cc3)c2)cc1. The second-order valence-electron chi connectivity index (χ2n) is 11.1. The molecule has 3 aromatic rings. The van der Waals surface area contributed by atoms with Crippen molar-refractivity contribution in [2.45, 2.75) is 34.6 Å². The van der Waals surface area contributed by atoms with E-state index in [1.54, 1.807) is 54.6 Å². The summed E-state index contributed by atoms with van der Waals surface area (Å²) in [5.74, 6) is -2.48. The minimum Gasteiger partial charge on any atom is -0.461 e. The number of likely N-dealkylation sites (N-methyl/N-ethyl adjacent to an activating group) is 2. The predicted octanol–water partition coefficient (Wildman–Crippen LogP) is 5.51. The molecule has 0 saturated heterocycles. The van der Waals surface area contributed by atoms with Crippen molar-refractivity contribution in [3.63, 3.8) is 0 Å². The van der Waals surface area contributed by atoms with Crippen molar-refractivity contribution in [1.82, 2.24) is 9.80 Å². The van der Waals surface area contributed by atoms with E-state index < -0.39 is 29.7 Å². The molecule has 12 nitrogen and oxygen atoms in total. The molecule has 0 radical (unpaired) electrons. The molecule has 2 N–H and O–H groups in total. The number of carbonyl (C=O) groups excluding carboxylic acids is 5. The summed E-state index contributed by atoms with van der Waals surface area (Å²) in [6.45, 7) is 14.7. The normalized spacial score (nSPS) is 11.0. The maximum absolute atomic E-state index is 13.3. The summed E-state index contributed by atoms with van der Waals surface area (Å²) in [7, 11) is 0. The van der Waals surface area contributed by atoms with Gasteiger partial charge in [-0.2, -0.15) is 0 Å². The lowest BCUT2D eigenvalue weighted by atomic mass is 10.1. The molecular weight excluding hydrogens is 640 g/mol. The van der Waals surface area contributed by atoms with Crippen LogP contribution in [0.3, 0.4) is 0 Å². The molecule has 0 atom stereocenters. The third kappa shape index (κ3) is 12.6. The van der Waals surface area contributed by atoms with E-state index in [1.165, 1.54) is 31.2 Å². The summed E-state index contributed by atoms with van der Waals surface area (Å²) in [6.07, 6.45) is 2.80. The maximum atomic E-state index is 13.3. The highest BCUT2D eigenvalue weighted by Crippen LogP contribution is 2.23. The molecule has 0 unspecified atom stereocenters. The molecule has 0 bridgehead atoms. The Hall–Kier alpha value is -5.33. The highest BCUT2D eigenvalue weighted by molar-refractivity contribution is 6.07. The van der Waals surface area contributed by atoms with Crippen molar-refractivity contribution in [2.75, 3.05) is 63.1 Å². The first-order valence-electron chi connectivity index (χ1n) is 16.7. The number of rotatable bonds is 18.